The van der Waals surface area contributed by atoms with Crippen LogP contribution in [0.15, 0.2) is 24.3 Å². The van der Waals surface area contributed by atoms with Gasteiger partial charge in [0.25, 0.3) is 5.91 Å². The minimum Gasteiger partial charge on any atom is -0.469 e. The van der Waals surface area contributed by atoms with Gasteiger partial charge in [0.05, 0.1) is 19.7 Å². The largest absolute Gasteiger partial charge is 0.469 e. The molecule has 3 aliphatic rings. The van der Waals surface area contributed by atoms with E-state index in [2.05, 4.69) is 26.0 Å². The molecule has 16 heteroatoms. The van der Waals surface area contributed by atoms with Crippen LogP contribution in [0, 0.1) is 11.8 Å². The van der Waals surface area contributed by atoms with Crippen molar-refractivity contribution in [2.75, 3.05) is 20.2 Å². The van der Waals surface area contributed by atoms with E-state index in [9.17, 15) is 38.7 Å². The molecule has 2 heterocycles. The van der Waals surface area contributed by atoms with Crippen LogP contribution >= 0.6 is 0 Å². The highest BCUT2D eigenvalue weighted by molar-refractivity contribution is 5.95. The van der Waals surface area contributed by atoms with Crippen LogP contribution in [0.2, 0.25) is 0 Å². The number of fused-ring (bicyclic) bond motifs is 1. The number of hydrogen-bond donors (Lipinski definition) is 5. The maximum absolute atomic E-state index is 14.5. The van der Waals surface area contributed by atoms with Gasteiger partial charge in [-0.15, -0.1) is 0 Å². The first-order valence-electron chi connectivity index (χ1n) is 20.4. The summed E-state index contributed by atoms with van der Waals surface area (Å²) >= 11 is 0. The number of nitrogens with zero attached hydrogens (tertiary/aromatic N) is 2. The molecule has 1 saturated carbocycles. The Bertz CT molecular complexity index is 1600. The number of rotatable bonds is 19. The lowest BCUT2D eigenvalue weighted by atomic mass is 9.98. The summed E-state index contributed by atoms with van der Waals surface area (Å²) < 4.78 is 10.6. The molecule has 0 radical (unpaired) electrons. The molecule has 0 spiro atoms. The number of carbonyl (C=O) groups is 7. The number of likely N-dealkylation sites (tertiary alicyclic amines) is 1. The second-order valence-corrected chi connectivity index (χ2v) is 16.1. The Kier molecular flexibility index (Phi) is 16.7. The molecule has 1 aliphatic carbocycles. The molecule has 6 atom stereocenters. The SMILES string of the molecule is CCCC(NC(=O)[C@@H]1C[C@H](OC(=O)N2CCc3ccccc3C2)CN1C(=O)[C@@H](NC(=O)[C@H](NC(=O)CCCCC(=O)OC)C(C)C)C(C)C)[C@H](O)C(=O)NC1CC1. The maximum atomic E-state index is 14.5. The molecule has 6 amide bonds. The van der Waals surface area contributed by atoms with Crippen LogP contribution in [0.1, 0.15) is 104 Å². The van der Waals surface area contributed by atoms with Crippen molar-refractivity contribution in [2.24, 2.45) is 11.8 Å². The lowest BCUT2D eigenvalue weighted by molar-refractivity contribution is -0.144. The quantitative estimate of drug-likeness (QED) is 0.102. The van der Waals surface area contributed by atoms with Crippen molar-refractivity contribution in [3.8, 4) is 0 Å². The van der Waals surface area contributed by atoms with Crippen LogP contribution in [-0.4, -0.2) is 119 Å². The molecule has 0 bridgehead atoms. The van der Waals surface area contributed by atoms with E-state index in [0.717, 1.165) is 24.0 Å². The molecule has 0 aromatic heterocycles. The van der Waals surface area contributed by atoms with Gasteiger partial charge >= 0.3 is 12.1 Å². The normalized spacial score (nSPS) is 19.8. The minimum absolute atomic E-state index is 0.00160. The van der Waals surface area contributed by atoms with Gasteiger partial charge in [-0.2, -0.15) is 0 Å². The number of unbranched alkanes of at least 4 members (excludes halogenated alkanes) is 1. The Labute approximate surface area is 335 Å². The van der Waals surface area contributed by atoms with Crippen molar-refractivity contribution in [3.05, 3.63) is 35.4 Å². The van der Waals surface area contributed by atoms with E-state index in [1.807, 2.05) is 31.2 Å². The molecule has 316 valence electrons. The van der Waals surface area contributed by atoms with Crippen molar-refractivity contribution >= 4 is 41.6 Å². The summed E-state index contributed by atoms with van der Waals surface area (Å²) in [7, 11) is 1.30. The van der Waals surface area contributed by atoms with Crippen molar-refractivity contribution in [1.82, 2.24) is 31.1 Å². The third-order valence-corrected chi connectivity index (χ3v) is 10.8. The molecule has 1 unspecified atom stereocenters. The first-order chi connectivity index (χ1) is 27.1. The first-order valence-corrected chi connectivity index (χ1v) is 20.4. The number of hydrogen-bond acceptors (Lipinski definition) is 10. The summed E-state index contributed by atoms with van der Waals surface area (Å²) in [6, 6.07) is 3.65. The summed E-state index contributed by atoms with van der Waals surface area (Å²) in [5.41, 5.74) is 2.17. The summed E-state index contributed by atoms with van der Waals surface area (Å²) in [5.74, 6) is -3.93. The number of methoxy groups -OCH3 is 1. The molecule has 4 rings (SSSR count). The molecule has 2 aliphatic heterocycles. The lowest BCUT2D eigenvalue weighted by Crippen LogP contribution is -2.60. The Balaban J connectivity index is 1.50. The molecule has 5 N–H and O–H groups in total. The van der Waals surface area contributed by atoms with Crippen molar-refractivity contribution in [3.63, 3.8) is 0 Å². The van der Waals surface area contributed by atoms with Crippen LogP contribution in [0.25, 0.3) is 0 Å². The van der Waals surface area contributed by atoms with E-state index < -0.39 is 72.0 Å². The van der Waals surface area contributed by atoms with Gasteiger partial charge in [0.2, 0.25) is 23.6 Å². The Morgan fingerprint density at radius 2 is 1.54 bits per heavy atom. The fourth-order valence-electron chi connectivity index (χ4n) is 7.21. The summed E-state index contributed by atoms with van der Waals surface area (Å²) in [6.45, 7) is 9.55. The second-order valence-electron chi connectivity index (χ2n) is 16.1. The van der Waals surface area contributed by atoms with E-state index in [0.29, 0.717) is 45.2 Å². The molecule has 57 heavy (non-hydrogen) atoms. The Morgan fingerprint density at radius 3 is 2.18 bits per heavy atom. The molecule has 1 aromatic carbocycles. The van der Waals surface area contributed by atoms with E-state index in [1.165, 1.54) is 12.0 Å². The summed E-state index contributed by atoms with van der Waals surface area (Å²) in [4.78, 5) is 95.8. The number of aliphatic hydroxyl groups excluding tert-OH is 1. The molecule has 1 saturated heterocycles. The standard InChI is InChI=1S/C41H62N6O10/c1-7-12-30(36(50)39(53)42-28-17-18-28)43-37(51)31-21-29(57-41(55)46-20-19-26-13-8-9-14-27(26)22-46)23-47(31)40(54)35(25(4)5)45-38(52)34(24(2)3)44-32(48)15-10-11-16-33(49)56-6/h8-9,13-14,24-25,28-31,34-36,50H,7,10-12,15-23H2,1-6H3,(H,42,53)(H,43,51)(H,44,48)(H,45,52)/t29-,30?,31-,34+,35-,36-/m0/s1. The van der Waals surface area contributed by atoms with Crippen LogP contribution in [0.5, 0.6) is 0 Å². The summed E-state index contributed by atoms with van der Waals surface area (Å²) in [5, 5.41) is 22.1. The van der Waals surface area contributed by atoms with Gasteiger partial charge < -0.3 is 45.6 Å². The highest BCUT2D eigenvalue weighted by Crippen LogP contribution is 2.27. The van der Waals surface area contributed by atoms with Gasteiger partial charge in [-0.05, 0) is 61.5 Å². The zero-order valence-corrected chi connectivity index (χ0v) is 34.2. The fraction of sp³-hybridized carbons (Fsp3) is 0.683. The van der Waals surface area contributed by atoms with Crippen molar-refractivity contribution < 1.29 is 48.1 Å². The Morgan fingerprint density at radius 1 is 0.877 bits per heavy atom. The van der Waals surface area contributed by atoms with Crippen molar-refractivity contribution in [2.45, 2.75) is 148 Å². The van der Waals surface area contributed by atoms with Gasteiger partial charge in [0.15, 0.2) is 6.10 Å². The topological polar surface area (TPSA) is 213 Å². The maximum Gasteiger partial charge on any atom is 0.410 e. The predicted molar refractivity (Wildman–Crippen MR) is 209 cm³/mol. The van der Waals surface area contributed by atoms with Crippen LogP contribution in [0.3, 0.4) is 0 Å². The smallest absolute Gasteiger partial charge is 0.410 e. The molecular formula is C41H62N6O10. The third-order valence-electron chi connectivity index (χ3n) is 10.8. The number of carbonyl (C=O) groups excluding carboxylic acids is 7. The number of ether oxygens (including phenoxy) is 2. The number of nitrogens with one attached hydrogen (secondary N) is 4. The first kappa shape index (κ1) is 45.0. The number of aliphatic hydroxyl groups is 1. The van der Waals surface area contributed by atoms with E-state index in [-0.39, 0.29) is 49.6 Å². The molecular weight excluding hydrogens is 736 g/mol. The lowest BCUT2D eigenvalue weighted by Gasteiger charge is -2.33. The molecule has 1 aromatic rings. The number of amides is 6. The number of benzene rings is 1. The average molecular weight is 799 g/mol. The Hall–Kier alpha value is -4.73. The van der Waals surface area contributed by atoms with Gasteiger partial charge in [-0.25, -0.2) is 4.79 Å². The van der Waals surface area contributed by atoms with Crippen molar-refractivity contribution in [1.29, 1.82) is 0 Å². The second kappa shape index (κ2) is 21.1. The van der Waals surface area contributed by atoms with Gasteiger partial charge in [-0.3, -0.25) is 28.8 Å². The molecule has 2 fully saturated rings. The third kappa shape index (κ3) is 12.9. The monoisotopic (exact) mass is 798 g/mol. The zero-order chi connectivity index (χ0) is 41.8. The van der Waals surface area contributed by atoms with E-state index >= 15 is 0 Å². The van der Waals surface area contributed by atoms with Crippen LogP contribution in [0.4, 0.5) is 4.79 Å². The van der Waals surface area contributed by atoms with E-state index in [4.69, 9.17) is 4.74 Å². The predicted octanol–water partition coefficient (Wildman–Crippen LogP) is 2.09. The van der Waals surface area contributed by atoms with Gasteiger partial charge in [0.1, 0.15) is 24.2 Å². The van der Waals surface area contributed by atoms with Gasteiger partial charge in [-0.1, -0.05) is 65.3 Å². The zero-order valence-electron chi connectivity index (χ0n) is 34.2. The number of esters is 1. The fourth-order valence-corrected chi connectivity index (χ4v) is 7.21. The average Bonchev–Trinajstić information content (AvgIpc) is 3.90. The van der Waals surface area contributed by atoms with Crippen LogP contribution < -0.4 is 21.3 Å². The highest BCUT2D eigenvalue weighted by Gasteiger charge is 2.46. The van der Waals surface area contributed by atoms with E-state index in [1.54, 1.807) is 32.6 Å². The highest BCUT2D eigenvalue weighted by atomic mass is 16.6. The van der Waals surface area contributed by atoms with Crippen LogP contribution in [-0.2, 0) is 51.2 Å². The molecule has 16 nitrogen and oxygen atoms in total. The van der Waals surface area contributed by atoms with Gasteiger partial charge in [0, 0.05) is 38.4 Å². The minimum atomic E-state index is -1.52. The summed E-state index contributed by atoms with van der Waals surface area (Å²) in [6.07, 6.45) is 1.26.